The van der Waals surface area contributed by atoms with Gasteiger partial charge in [-0.05, 0) is 62.0 Å². The summed E-state index contributed by atoms with van der Waals surface area (Å²) in [5.41, 5.74) is 4.61. The van der Waals surface area contributed by atoms with Crippen molar-refractivity contribution < 1.29 is 13.9 Å². The first-order chi connectivity index (χ1) is 15.9. The molecule has 0 spiro atoms. The maximum atomic E-state index is 14.0. The normalized spacial score (nSPS) is 14.5. The van der Waals surface area contributed by atoms with Crippen LogP contribution in [0.2, 0.25) is 0 Å². The van der Waals surface area contributed by atoms with E-state index in [4.69, 9.17) is 4.74 Å². The number of ether oxygens (including phenoxy) is 1. The molecule has 1 amide bonds. The van der Waals surface area contributed by atoms with Gasteiger partial charge in [0.2, 0.25) is 5.91 Å². The topological polar surface area (TPSA) is 73.5 Å². The molecular weight excluding hydrogens is 421 g/mol. The van der Waals surface area contributed by atoms with Gasteiger partial charge in [-0.2, -0.15) is 0 Å². The van der Waals surface area contributed by atoms with E-state index < -0.39 is 0 Å². The third-order valence-corrected chi connectivity index (χ3v) is 5.83. The molecule has 2 aromatic heterocycles. The second-order valence-corrected chi connectivity index (χ2v) is 8.52. The van der Waals surface area contributed by atoms with Crippen molar-refractivity contribution in [3.05, 3.63) is 54.1 Å². The quantitative estimate of drug-likeness (QED) is 0.551. The highest BCUT2D eigenvalue weighted by atomic mass is 19.1. The Balaban J connectivity index is 1.48. The average Bonchev–Trinajstić information content (AvgIpc) is 3.23. The number of methoxy groups -OCH3 is 1. The van der Waals surface area contributed by atoms with Crippen LogP contribution in [-0.2, 0) is 4.79 Å². The minimum atomic E-state index is -0.306. The van der Waals surface area contributed by atoms with Crippen LogP contribution in [0.15, 0.2) is 42.6 Å². The van der Waals surface area contributed by atoms with Crippen LogP contribution in [0.1, 0.15) is 12.1 Å². The first-order valence-corrected chi connectivity index (χ1v) is 11.1. The fourth-order valence-electron chi connectivity index (χ4n) is 4.18. The first kappa shape index (κ1) is 22.9. The minimum absolute atomic E-state index is 0.0459. The van der Waals surface area contributed by atoms with Gasteiger partial charge in [0.25, 0.3) is 0 Å². The number of rotatable bonds is 8. The van der Waals surface area contributed by atoms with Crippen LogP contribution in [-0.4, -0.2) is 79.6 Å². The largest absolute Gasteiger partial charge is 0.496 e. The third-order valence-electron chi connectivity index (χ3n) is 5.83. The summed E-state index contributed by atoms with van der Waals surface area (Å²) in [7, 11) is 5.35. The van der Waals surface area contributed by atoms with E-state index in [2.05, 4.69) is 32.3 Å². The van der Waals surface area contributed by atoms with Gasteiger partial charge in [-0.3, -0.25) is 9.69 Å². The van der Waals surface area contributed by atoms with Crippen molar-refractivity contribution in [3.63, 3.8) is 0 Å². The van der Waals surface area contributed by atoms with Crippen molar-refractivity contribution in [2.24, 2.45) is 0 Å². The van der Waals surface area contributed by atoms with E-state index in [0.29, 0.717) is 24.4 Å². The Morgan fingerprint density at radius 2 is 2.12 bits per heavy atom. The van der Waals surface area contributed by atoms with Gasteiger partial charge in [0.15, 0.2) is 0 Å². The molecule has 1 aliphatic heterocycles. The number of halogens is 1. The fourth-order valence-corrected chi connectivity index (χ4v) is 4.18. The van der Waals surface area contributed by atoms with Gasteiger partial charge >= 0.3 is 0 Å². The highest BCUT2D eigenvalue weighted by Gasteiger charge is 2.17. The summed E-state index contributed by atoms with van der Waals surface area (Å²) in [6.45, 7) is 3.61. The number of benzene rings is 1. The smallest absolute Gasteiger partial charge is 0.234 e. The summed E-state index contributed by atoms with van der Waals surface area (Å²) < 4.78 is 19.4. The number of nitrogens with one attached hydrogen (secondary N) is 2. The molecule has 3 heterocycles. The van der Waals surface area contributed by atoms with Gasteiger partial charge in [-0.15, -0.1) is 0 Å². The zero-order chi connectivity index (χ0) is 23.4. The van der Waals surface area contributed by atoms with E-state index in [9.17, 15) is 9.18 Å². The summed E-state index contributed by atoms with van der Waals surface area (Å²) in [5, 5.41) is 3.90. The number of fused-ring (bicyclic) bond motifs is 1. The number of pyridine rings is 1. The van der Waals surface area contributed by atoms with Crippen molar-refractivity contribution in [1.29, 1.82) is 0 Å². The Kier molecular flexibility index (Phi) is 7.05. The predicted octanol–water partition coefficient (Wildman–Crippen LogP) is 3.14. The molecule has 0 atom stereocenters. The number of carbonyl (C=O) groups excluding carboxylic acids is 1. The fraction of sp³-hybridized carbons (Fsp3) is 0.360. The van der Waals surface area contributed by atoms with Crippen LogP contribution < -0.4 is 10.1 Å². The van der Waals surface area contributed by atoms with Crippen molar-refractivity contribution in [3.8, 4) is 16.9 Å². The number of amides is 1. The third kappa shape index (κ3) is 5.40. The number of aromatic amines is 1. The Morgan fingerprint density at radius 3 is 2.85 bits per heavy atom. The molecule has 1 aliphatic rings. The van der Waals surface area contributed by atoms with Crippen molar-refractivity contribution >= 4 is 22.5 Å². The monoisotopic (exact) mass is 451 g/mol. The van der Waals surface area contributed by atoms with E-state index in [1.54, 1.807) is 19.4 Å². The number of H-pyrrole nitrogens is 1. The molecule has 0 aliphatic carbocycles. The van der Waals surface area contributed by atoms with Crippen LogP contribution >= 0.6 is 0 Å². The molecule has 7 nitrogen and oxygen atoms in total. The Labute approximate surface area is 193 Å². The van der Waals surface area contributed by atoms with Crippen molar-refractivity contribution in [1.82, 2.24) is 25.1 Å². The lowest BCUT2D eigenvalue weighted by Crippen LogP contribution is -2.39. The van der Waals surface area contributed by atoms with E-state index in [-0.39, 0.29) is 11.7 Å². The summed E-state index contributed by atoms with van der Waals surface area (Å²) in [6, 6.07) is 8.51. The molecule has 33 heavy (non-hydrogen) atoms. The maximum absolute atomic E-state index is 14.0. The summed E-state index contributed by atoms with van der Waals surface area (Å²) in [4.78, 5) is 23.9. The van der Waals surface area contributed by atoms with Crippen molar-refractivity contribution in [2.45, 2.75) is 6.42 Å². The number of aromatic nitrogens is 2. The Morgan fingerprint density at radius 1 is 1.27 bits per heavy atom. The van der Waals surface area contributed by atoms with Crippen molar-refractivity contribution in [2.75, 3.05) is 53.9 Å². The zero-order valence-corrected chi connectivity index (χ0v) is 19.3. The molecule has 0 radical (unpaired) electrons. The van der Waals surface area contributed by atoms with Crippen LogP contribution in [0.5, 0.6) is 5.75 Å². The van der Waals surface area contributed by atoms with E-state index in [1.807, 2.05) is 25.1 Å². The molecule has 0 saturated carbocycles. The van der Waals surface area contributed by atoms with Gasteiger partial charge in [0.1, 0.15) is 17.2 Å². The summed E-state index contributed by atoms with van der Waals surface area (Å²) in [5.74, 6) is 0.362. The Hall–Kier alpha value is -3.23. The maximum Gasteiger partial charge on any atom is 0.234 e. The Bertz CT molecular complexity index is 1170. The summed E-state index contributed by atoms with van der Waals surface area (Å²) in [6.07, 6.45) is 4.85. The zero-order valence-electron chi connectivity index (χ0n) is 19.3. The number of nitrogens with zero attached hydrogens (tertiary/aromatic N) is 3. The standard InChI is InChI=1S/C25H30FN5O2/c1-30(2)16-24(32)27-10-13-31-11-7-17(8-12-31)22-15-21-19(6-9-28-25(21)29-22)20-14-18(26)4-5-23(20)33-3/h4-7,9,14-15H,8,10-13,16H2,1-3H3,(H,27,32)(H,28,29). The number of hydrogen-bond donors (Lipinski definition) is 2. The molecule has 1 aromatic carbocycles. The molecule has 0 unspecified atom stereocenters. The van der Waals surface area contributed by atoms with E-state index in [1.165, 1.54) is 17.7 Å². The van der Waals surface area contributed by atoms with Crippen LogP contribution in [0, 0.1) is 5.82 Å². The predicted molar refractivity (Wildman–Crippen MR) is 129 cm³/mol. The molecule has 174 valence electrons. The first-order valence-electron chi connectivity index (χ1n) is 11.1. The van der Waals surface area contributed by atoms with Gasteiger partial charge < -0.3 is 19.9 Å². The SMILES string of the molecule is COc1ccc(F)cc1-c1ccnc2[nH]c(C3=CCN(CCNC(=O)CN(C)C)CC3)cc12. The lowest BCUT2D eigenvalue weighted by atomic mass is 10.0. The lowest BCUT2D eigenvalue weighted by molar-refractivity contribution is -0.121. The summed E-state index contributed by atoms with van der Waals surface area (Å²) >= 11 is 0. The van der Waals surface area contributed by atoms with Crippen LogP contribution in [0.4, 0.5) is 4.39 Å². The molecule has 3 aromatic rings. The van der Waals surface area contributed by atoms with E-state index >= 15 is 0 Å². The van der Waals surface area contributed by atoms with Gasteiger partial charge in [0, 0.05) is 49.0 Å². The second-order valence-electron chi connectivity index (χ2n) is 8.52. The number of hydrogen-bond acceptors (Lipinski definition) is 5. The van der Waals surface area contributed by atoms with Crippen LogP contribution in [0.3, 0.4) is 0 Å². The van der Waals surface area contributed by atoms with Gasteiger partial charge in [-0.25, -0.2) is 9.37 Å². The molecular formula is C25H30FN5O2. The highest BCUT2D eigenvalue weighted by molar-refractivity contribution is 5.96. The van der Waals surface area contributed by atoms with E-state index in [0.717, 1.165) is 48.3 Å². The van der Waals surface area contributed by atoms with Crippen LogP contribution in [0.25, 0.3) is 27.7 Å². The highest BCUT2D eigenvalue weighted by Crippen LogP contribution is 2.36. The molecule has 8 heteroatoms. The number of likely N-dealkylation sites (N-methyl/N-ethyl adjacent to an activating group) is 1. The van der Waals surface area contributed by atoms with Gasteiger partial charge in [0.05, 0.1) is 13.7 Å². The minimum Gasteiger partial charge on any atom is -0.496 e. The molecule has 0 saturated heterocycles. The average molecular weight is 452 g/mol. The molecule has 0 bridgehead atoms. The molecule has 4 rings (SSSR count). The van der Waals surface area contributed by atoms with Gasteiger partial charge in [-0.1, -0.05) is 6.08 Å². The molecule has 0 fully saturated rings. The second kappa shape index (κ2) is 10.1. The molecule has 2 N–H and O–H groups in total. The lowest BCUT2D eigenvalue weighted by Gasteiger charge is -2.26. The number of carbonyl (C=O) groups is 1.